The standard InChI is InChI=1S/C20H23N5O10S/c1-3-23-9-10-24(18(30)17(23)29)20(31)22-13(12-7-5-4-6-8-12)15(27)21-14-16(28)25(36(32,33)34)19(14)35-11(2)26/h4-8,13-14,19H,3,9-10H2,1-2H3,(H,21,27)(H,22,31)(H,32,33,34)/t13?,14-,19?/m1/s1. The highest BCUT2D eigenvalue weighted by atomic mass is 32.2. The minimum Gasteiger partial charge on any atom is -0.438 e. The average Bonchev–Trinajstić information content (AvgIpc) is 2.81. The van der Waals surface area contributed by atoms with Crippen molar-refractivity contribution in [3.8, 4) is 0 Å². The molecule has 3 N–H and O–H groups in total. The van der Waals surface area contributed by atoms with E-state index in [9.17, 15) is 41.7 Å². The lowest BCUT2D eigenvalue weighted by Crippen LogP contribution is -2.73. The summed E-state index contributed by atoms with van der Waals surface area (Å²) in [4.78, 5) is 76.0. The number of hydrogen-bond donors (Lipinski definition) is 3. The molecule has 2 fully saturated rings. The first-order valence-corrected chi connectivity index (χ1v) is 12.0. The van der Waals surface area contributed by atoms with Gasteiger partial charge in [-0.25, -0.2) is 4.79 Å². The van der Waals surface area contributed by atoms with Crippen LogP contribution in [0.4, 0.5) is 4.79 Å². The molecule has 6 amide bonds. The van der Waals surface area contributed by atoms with E-state index in [0.29, 0.717) is 4.90 Å². The van der Waals surface area contributed by atoms with Crippen LogP contribution in [-0.4, -0.2) is 94.6 Å². The van der Waals surface area contributed by atoms with E-state index < -0.39 is 64.2 Å². The molecule has 15 nitrogen and oxygen atoms in total. The van der Waals surface area contributed by atoms with E-state index in [1.165, 1.54) is 17.0 Å². The maximum Gasteiger partial charge on any atom is 0.365 e. The molecule has 2 unspecified atom stereocenters. The summed E-state index contributed by atoms with van der Waals surface area (Å²) in [6.07, 6.45) is -1.86. The third-order valence-electron chi connectivity index (χ3n) is 5.43. The van der Waals surface area contributed by atoms with Gasteiger partial charge in [-0.1, -0.05) is 30.3 Å². The Bertz CT molecular complexity index is 1200. The third-order valence-corrected chi connectivity index (χ3v) is 6.32. The minimum atomic E-state index is -5.10. The lowest BCUT2D eigenvalue weighted by molar-refractivity contribution is -0.179. The van der Waals surface area contributed by atoms with E-state index in [0.717, 1.165) is 6.92 Å². The second-order valence-corrected chi connectivity index (χ2v) is 9.02. The van der Waals surface area contributed by atoms with Gasteiger partial charge in [-0.05, 0) is 12.5 Å². The van der Waals surface area contributed by atoms with Crippen molar-refractivity contribution >= 4 is 45.9 Å². The third kappa shape index (κ3) is 5.28. The van der Waals surface area contributed by atoms with Gasteiger partial charge in [-0.2, -0.15) is 12.7 Å². The number of ether oxygens (including phenoxy) is 1. The van der Waals surface area contributed by atoms with E-state index in [-0.39, 0.29) is 29.5 Å². The first-order chi connectivity index (χ1) is 16.9. The molecule has 194 valence electrons. The summed E-state index contributed by atoms with van der Waals surface area (Å²) in [7, 11) is -5.10. The number of imide groups is 1. The van der Waals surface area contributed by atoms with Gasteiger partial charge >= 0.3 is 34.1 Å². The monoisotopic (exact) mass is 525 g/mol. The molecule has 36 heavy (non-hydrogen) atoms. The van der Waals surface area contributed by atoms with Gasteiger partial charge in [0.25, 0.3) is 5.91 Å². The number of amides is 6. The summed E-state index contributed by atoms with van der Waals surface area (Å²) < 4.78 is 36.8. The van der Waals surface area contributed by atoms with E-state index in [1.54, 1.807) is 25.1 Å². The highest BCUT2D eigenvalue weighted by Crippen LogP contribution is 2.26. The van der Waals surface area contributed by atoms with Crippen LogP contribution in [0.3, 0.4) is 0 Å². The van der Waals surface area contributed by atoms with Gasteiger partial charge in [-0.3, -0.25) is 33.4 Å². The molecule has 0 aromatic heterocycles. The maximum absolute atomic E-state index is 13.1. The van der Waals surface area contributed by atoms with E-state index in [4.69, 9.17) is 4.74 Å². The van der Waals surface area contributed by atoms with Crippen molar-refractivity contribution in [3.05, 3.63) is 35.9 Å². The fraction of sp³-hybridized carbons (Fsp3) is 0.400. The highest BCUT2D eigenvalue weighted by Gasteiger charge is 2.57. The van der Waals surface area contributed by atoms with Crippen molar-refractivity contribution < 1.29 is 46.5 Å². The average molecular weight is 525 g/mol. The van der Waals surface area contributed by atoms with Crippen LogP contribution in [0.1, 0.15) is 25.5 Å². The Morgan fingerprint density at radius 2 is 1.75 bits per heavy atom. The molecule has 16 heteroatoms. The van der Waals surface area contributed by atoms with Crippen LogP contribution in [0.25, 0.3) is 0 Å². The van der Waals surface area contributed by atoms with Crippen molar-refractivity contribution in [1.29, 1.82) is 0 Å². The fourth-order valence-electron chi connectivity index (χ4n) is 3.66. The molecule has 3 atom stereocenters. The molecular formula is C20H23N5O10S. The Labute approximate surface area is 205 Å². The van der Waals surface area contributed by atoms with E-state index >= 15 is 0 Å². The van der Waals surface area contributed by atoms with E-state index in [1.807, 2.05) is 0 Å². The van der Waals surface area contributed by atoms with Gasteiger partial charge in [0.15, 0.2) is 6.04 Å². The number of likely N-dealkylation sites (N-methyl/N-ethyl adjacent to an activating group) is 1. The molecule has 3 rings (SSSR count). The van der Waals surface area contributed by atoms with Crippen molar-refractivity contribution in [1.82, 2.24) is 24.7 Å². The number of nitrogens with zero attached hydrogens (tertiary/aromatic N) is 3. The quantitative estimate of drug-likeness (QED) is 0.157. The number of esters is 1. The molecule has 0 radical (unpaired) electrons. The normalized spacial score (nSPS) is 21.0. The van der Waals surface area contributed by atoms with Crippen LogP contribution in [-0.2, 0) is 39.0 Å². The maximum atomic E-state index is 13.1. The summed E-state index contributed by atoms with van der Waals surface area (Å²) in [5, 5.41) is 4.53. The Kier molecular flexibility index (Phi) is 7.59. The molecular weight excluding hydrogens is 502 g/mol. The first kappa shape index (κ1) is 26.6. The zero-order valence-corrected chi connectivity index (χ0v) is 19.9. The molecule has 0 spiro atoms. The Hall–Kier alpha value is -4.05. The fourth-order valence-corrected chi connectivity index (χ4v) is 4.42. The van der Waals surface area contributed by atoms with Gasteiger partial charge in [0.05, 0.1) is 0 Å². The number of rotatable bonds is 7. The SMILES string of the molecule is CCN1CCN(C(=O)NC(C(=O)N[C@@H]2C(=O)N(S(=O)(=O)O)C2OC(C)=O)c2ccccc2)C(=O)C1=O. The molecule has 2 aliphatic heterocycles. The largest absolute Gasteiger partial charge is 0.438 e. The number of carbonyl (C=O) groups excluding carboxylic acids is 6. The van der Waals surface area contributed by atoms with Crippen LogP contribution >= 0.6 is 0 Å². The second kappa shape index (κ2) is 10.3. The summed E-state index contributed by atoms with van der Waals surface area (Å²) in [6.45, 7) is 2.85. The van der Waals surface area contributed by atoms with Gasteiger partial charge in [0.1, 0.15) is 6.04 Å². The summed E-state index contributed by atoms with van der Waals surface area (Å²) >= 11 is 0. The van der Waals surface area contributed by atoms with Gasteiger partial charge in [-0.15, -0.1) is 0 Å². The summed E-state index contributed by atoms with van der Waals surface area (Å²) in [5.41, 5.74) is 0.219. The lowest BCUT2D eigenvalue weighted by atomic mass is 10.0. The molecule has 0 saturated carbocycles. The number of benzene rings is 1. The number of hydrogen-bond acceptors (Lipinski definition) is 9. The predicted molar refractivity (Wildman–Crippen MR) is 118 cm³/mol. The van der Waals surface area contributed by atoms with Gasteiger partial charge in [0, 0.05) is 26.6 Å². The molecule has 2 saturated heterocycles. The van der Waals surface area contributed by atoms with Gasteiger partial charge < -0.3 is 20.3 Å². The molecule has 2 heterocycles. The van der Waals surface area contributed by atoms with Crippen molar-refractivity contribution in [2.45, 2.75) is 32.2 Å². The second-order valence-electron chi connectivity index (χ2n) is 7.73. The van der Waals surface area contributed by atoms with Crippen LogP contribution in [0, 0.1) is 0 Å². The number of β-lactam (4-membered cyclic amide) rings is 1. The number of piperazine rings is 1. The highest BCUT2D eigenvalue weighted by molar-refractivity contribution is 7.84. The van der Waals surface area contributed by atoms with Crippen LogP contribution in [0.5, 0.6) is 0 Å². The molecule has 1 aromatic carbocycles. The Morgan fingerprint density at radius 1 is 1.11 bits per heavy atom. The lowest BCUT2D eigenvalue weighted by Gasteiger charge is -2.43. The van der Waals surface area contributed by atoms with Crippen molar-refractivity contribution in [3.63, 3.8) is 0 Å². The molecule has 2 aliphatic rings. The summed E-state index contributed by atoms with van der Waals surface area (Å²) in [6, 6.07) is 3.40. The molecule has 1 aromatic rings. The van der Waals surface area contributed by atoms with Crippen LogP contribution in [0.2, 0.25) is 0 Å². The minimum absolute atomic E-state index is 0.100. The predicted octanol–water partition coefficient (Wildman–Crippen LogP) is -1.85. The van der Waals surface area contributed by atoms with Crippen molar-refractivity contribution in [2.24, 2.45) is 0 Å². The van der Waals surface area contributed by atoms with E-state index in [2.05, 4.69) is 10.6 Å². The van der Waals surface area contributed by atoms with Crippen LogP contribution in [0.15, 0.2) is 30.3 Å². The Morgan fingerprint density at radius 3 is 2.31 bits per heavy atom. The number of carbonyl (C=O) groups is 6. The van der Waals surface area contributed by atoms with Crippen LogP contribution < -0.4 is 10.6 Å². The zero-order valence-electron chi connectivity index (χ0n) is 19.1. The topological polar surface area (TPSA) is 200 Å². The Balaban J connectivity index is 1.82. The molecule has 0 aliphatic carbocycles. The smallest absolute Gasteiger partial charge is 0.365 e. The number of urea groups is 1. The van der Waals surface area contributed by atoms with Crippen molar-refractivity contribution in [2.75, 3.05) is 19.6 Å². The summed E-state index contributed by atoms with van der Waals surface area (Å²) in [5.74, 6) is -5.27. The zero-order chi connectivity index (χ0) is 26.8. The number of nitrogens with one attached hydrogen (secondary N) is 2. The molecule has 0 bridgehead atoms. The van der Waals surface area contributed by atoms with Gasteiger partial charge in [0.2, 0.25) is 12.1 Å². The first-order valence-electron chi connectivity index (χ1n) is 10.6.